The first kappa shape index (κ1) is 17.9. The van der Waals surface area contributed by atoms with Gasteiger partial charge in [0.15, 0.2) is 5.69 Å². The van der Waals surface area contributed by atoms with Gasteiger partial charge in [0.05, 0.1) is 18.4 Å². The molecule has 0 aliphatic heterocycles. The second-order valence-electron chi connectivity index (χ2n) is 6.81. The first-order chi connectivity index (χ1) is 13.5. The van der Waals surface area contributed by atoms with Crippen molar-refractivity contribution in [2.75, 3.05) is 0 Å². The Bertz CT molecular complexity index is 1050. The lowest BCUT2D eigenvalue weighted by molar-refractivity contribution is -0.137. The maximum absolute atomic E-state index is 12.8. The smallest absolute Gasteiger partial charge is 0.325 e. The molecule has 0 radical (unpaired) electrons. The molecule has 0 saturated heterocycles. The number of rotatable bonds is 6. The Morgan fingerprint density at radius 2 is 2.07 bits per heavy atom. The number of carbonyl (C=O) groups excluding carboxylic acids is 1. The van der Waals surface area contributed by atoms with Gasteiger partial charge in [-0.25, -0.2) is 9.36 Å². The van der Waals surface area contributed by atoms with Gasteiger partial charge >= 0.3 is 5.97 Å². The number of hydrogen-bond donors (Lipinski definition) is 2. The number of amides is 1. The average molecular weight is 380 g/mol. The normalized spacial score (nSPS) is 12.8. The Morgan fingerprint density at radius 3 is 2.86 bits per heavy atom. The lowest BCUT2D eigenvalue weighted by Gasteiger charge is -2.08. The number of aromatic nitrogens is 5. The first-order valence-electron chi connectivity index (χ1n) is 9.08. The standard InChI is InChI=1S/C19H20N6O3/c1-12-5-2-3-7-15(12)25-16-8-4-6-14(16)18(22-25)19(28)20-9-13-10-24(23-21-13)11-17(26)27/h2-3,5,7,10H,4,6,8-9,11H2,1H3,(H,20,28)(H,26,27). The van der Waals surface area contributed by atoms with E-state index < -0.39 is 5.97 Å². The van der Waals surface area contributed by atoms with Gasteiger partial charge in [0.25, 0.3) is 5.91 Å². The first-order valence-corrected chi connectivity index (χ1v) is 9.08. The molecule has 0 bridgehead atoms. The van der Waals surface area contributed by atoms with Crippen molar-refractivity contribution in [3.63, 3.8) is 0 Å². The summed E-state index contributed by atoms with van der Waals surface area (Å²) in [5.41, 5.74) is 5.10. The van der Waals surface area contributed by atoms with E-state index in [4.69, 9.17) is 5.11 Å². The van der Waals surface area contributed by atoms with Crippen molar-refractivity contribution >= 4 is 11.9 Å². The van der Waals surface area contributed by atoms with Crippen LogP contribution in [0.15, 0.2) is 30.5 Å². The number of carboxylic acids is 1. The van der Waals surface area contributed by atoms with E-state index in [0.29, 0.717) is 11.4 Å². The molecule has 2 N–H and O–H groups in total. The van der Waals surface area contributed by atoms with E-state index >= 15 is 0 Å². The molecule has 1 aliphatic rings. The number of carbonyl (C=O) groups is 2. The molecule has 0 atom stereocenters. The van der Waals surface area contributed by atoms with E-state index in [1.54, 1.807) is 0 Å². The largest absolute Gasteiger partial charge is 0.480 e. The summed E-state index contributed by atoms with van der Waals surface area (Å²) >= 11 is 0. The van der Waals surface area contributed by atoms with Crippen LogP contribution in [0.1, 0.15) is 39.4 Å². The van der Waals surface area contributed by atoms with Crippen molar-refractivity contribution < 1.29 is 14.7 Å². The molecule has 9 heteroatoms. The fourth-order valence-corrected chi connectivity index (χ4v) is 3.51. The van der Waals surface area contributed by atoms with Crippen LogP contribution in [0, 0.1) is 6.92 Å². The summed E-state index contributed by atoms with van der Waals surface area (Å²) < 4.78 is 3.10. The molecule has 28 heavy (non-hydrogen) atoms. The topological polar surface area (TPSA) is 115 Å². The van der Waals surface area contributed by atoms with Crippen LogP contribution in [0.25, 0.3) is 5.69 Å². The maximum atomic E-state index is 12.8. The third-order valence-corrected chi connectivity index (χ3v) is 4.80. The Labute approximate surface area is 161 Å². The Kier molecular flexibility index (Phi) is 4.64. The van der Waals surface area contributed by atoms with Gasteiger partial charge in [0.2, 0.25) is 0 Å². The summed E-state index contributed by atoms with van der Waals surface area (Å²) in [6.45, 7) is 1.91. The van der Waals surface area contributed by atoms with E-state index in [1.807, 2.05) is 35.9 Å². The third-order valence-electron chi connectivity index (χ3n) is 4.80. The van der Waals surface area contributed by atoms with Crippen molar-refractivity contribution in [2.24, 2.45) is 0 Å². The highest BCUT2D eigenvalue weighted by Gasteiger charge is 2.27. The van der Waals surface area contributed by atoms with Crippen LogP contribution in [0.4, 0.5) is 0 Å². The lowest BCUT2D eigenvalue weighted by atomic mass is 10.2. The number of benzene rings is 1. The van der Waals surface area contributed by atoms with Gasteiger partial charge in [-0.3, -0.25) is 9.59 Å². The SMILES string of the molecule is Cc1ccccc1-n1nc(C(=O)NCc2cn(CC(=O)O)nn2)c2c1CCC2. The number of carboxylic acid groups (broad SMARTS) is 1. The van der Waals surface area contributed by atoms with E-state index in [0.717, 1.165) is 41.8 Å². The minimum Gasteiger partial charge on any atom is -0.480 e. The van der Waals surface area contributed by atoms with Crippen molar-refractivity contribution in [3.05, 3.63) is 58.7 Å². The van der Waals surface area contributed by atoms with Crippen LogP contribution in [0.5, 0.6) is 0 Å². The van der Waals surface area contributed by atoms with Gasteiger partial charge in [-0.05, 0) is 37.8 Å². The molecule has 3 aromatic rings. The van der Waals surface area contributed by atoms with Gasteiger partial charge < -0.3 is 10.4 Å². The predicted molar refractivity (Wildman–Crippen MR) is 99.2 cm³/mol. The molecule has 144 valence electrons. The van der Waals surface area contributed by atoms with Crippen LogP contribution >= 0.6 is 0 Å². The zero-order valence-corrected chi connectivity index (χ0v) is 15.4. The Morgan fingerprint density at radius 1 is 1.25 bits per heavy atom. The molecule has 0 saturated carbocycles. The van der Waals surface area contributed by atoms with Crippen LogP contribution in [-0.4, -0.2) is 41.8 Å². The molecule has 0 fully saturated rings. The molecular weight excluding hydrogens is 360 g/mol. The molecule has 0 spiro atoms. The van der Waals surface area contributed by atoms with E-state index in [1.165, 1.54) is 10.9 Å². The number of fused-ring (bicyclic) bond motifs is 1. The maximum Gasteiger partial charge on any atom is 0.325 e. The van der Waals surface area contributed by atoms with E-state index in [2.05, 4.69) is 20.7 Å². The third kappa shape index (κ3) is 3.38. The molecule has 9 nitrogen and oxygen atoms in total. The summed E-state index contributed by atoms with van der Waals surface area (Å²) in [4.78, 5) is 23.5. The van der Waals surface area contributed by atoms with Crippen molar-refractivity contribution in [1.29, 1.82) is 0 Å². The molecule has 4 rings (SSSR count). The van der Waals surface area contributed by atoms with Crippen LogP contribution in [0.2, 0.25) is 0 Å². The predicted octanol–water partition coefficient (Wildman–Crippen LogP) is 1.28. The molecule has 2 heterocycles. The second-order valence-corrected chi connectivity index (χ2v) is 6.81. The monoisotopic (exact) mass is 380 g/mol. The van der Waals surface area contributed by atoms with E-state index in [9.17, 15) is 9.59 Å². The Hall–Kier alpha value is -3.49. The quantitative estimate of drug-likeness (QED) is 0.666. The van der Waals surface area contributed by atoms with Gasteiger partial charge in [-0.15, -0.1) is 5.10 Å². The molecule has 2 aromatic heterocycles. The number of aliphatic carboxylic acids is 1. The molecule has 1 aromatic carbocycles. The molecule has 0 unspecified atom stereocenters. The number of hydrogen-bond acceptors (Lipinski definition) is 5. The molecule has 1 amide bonds. The summed E-state index contributed by atoms with van der Waals surface area (Å²) in [6.07, 6.45) is 4.24. The van der Waals surface area contributed by atoms with Gasteiger partial charge in [-0.1, -0.05) is 23.4 Å². The minimum absolute atomic E-state index is 0.157. The number of para-hydroxylation sites is 1. The highest BCUT2D eigenvalue weighted by atomic mass is 16.4. The summed E-state index contributed by atoms with van der Waals surface area (Å²) in [5.74, 6) is -1.27. The van der Waals surface area contributed by atoms with Gasteiger partial charge in [0.1, 0.15) is 12.2 Å². The summed E-state index contributed by atoms with van der Waals surface area (Å²) in [6, 6.07) is 7.97. The second kappa shape index (κ2) is 7.26. The highest BCUT2D eigenvalue weighted by molar-refractivity contribution is 5.94. The molecular formula is C19H20N6O3. The lowest BCUT2D eigenvalue weighted by Crippen LogP contribution is -2.24. The zero-order valence-electron chi connectivity index (χ0n) is 15.4. The van der Waals surface area contributed by atoms with Crippen LogP contribution < -0.4 is 5.32 Å². The number of aryl methyl sites for hydroxylation is 1. The zero-order chi connectivity index (χ0) is 19.7. The van der Waals surface area contributed by atoms with Crippen molar-refractivity contribution in [1.82, 2.24) is 30.1 Å². The van der Waals surface area contributed by atoms with E-state index in [-0.39, 0.29) is 19.0 Å². The number of nitrogens with zero attached hydrogens (tertiary/aromatic N) is 5. The van der Waals surface area contributed by atoms with Gasteiger partial charge in [0, 0.05) is 11.3 Å². The summed E-state index contributed by atoms with van der Waals surface area (Å²) in [7, 11) is 0. The average Bonchev–Trinajstić information content (AvgIpc) is 3.36. The minimum atomic E-state index is -1.00. The van der Waals surface area contributed by atoms with Gasteiger partial charge in [-0.2, -0.15) is 5.10 Å². The highest BCUT2D eigenvalue weighted by Crippen LogP contribution is 2.28. The molecule has 1 aliphatic carbocycles. The fraction of sp³-hybridized carbons (Fsp3) is 0.316. The van der Waals surface area contributed by atoms with Crippen LogP contribution in [0.3, 0.4) is 0 Å². The summed E-state index contributed by atoms with van der Waals surface area (Å²) in [5, 5.41) is 23.8. The Balaban J connectivity index is 1.54. The van der Waals surface area contributed by atoms with Crippen molar-refractivity contribution in [3.8, 4) is 5.69 Å². The van der Waals surface area contributed by atoms with Crippen LogP contribution in [-0.2, 0) is 30.7 Å². The number of nitrogens with one attached hydrogen (secondary N) is 1. The van der Waals surface area contributed by atoms with Crippen molar-refractivity contribution in [2.45, 2.75) is 39.3 Å². The fourth-order valence-electron chi connectivity index (χ4n) is 3.51.